The summed E-state index contributed by atoms with van der Waals surface area (Å²) in [5.74, 6) is 0.243. The summed E-state index contributed by atoms with van der Waals surface area (Å²) in [5.41, 5.74) is 0.264. The van der Waals surface area contributed by atoms with E-state index >= 15 is 0 Å². The maximum atomic E-state index is 12.2. The van der Waals surface area contributed by atoms with Gasteiger partial charge in [0.1, 0.15) is 5.60 Å². The summed E-state index contributed by atoms with van der Waals surface area (Å²) < 4.78 is 20.9. The Balaban J connectivity index is 2.81. The monoisotopic (exact) mass is 269 g/mol. The minimum absolute atomic E-state index is 0.243. The fourth-order valence-corrected chi connectivity index (χ4v) is 2.58. The molecule has 18 heavy (non-hydrogen) atoms. The van der Waals surface area contributed by atoms with Crippen molar-refractivity contribution in [2.24, 2.45) is 4.36 Å². The highest BCUT2D eigenvalue weighted by molar-refractivity contribution is 7.92. The lowest BCUT2D eigenvalue weighted by Gasteiger charge is -2.17. The second-order valence-corrected chi connectivity index (χ2v) is 7.55. The minimum Gasteiger partial charge on any atom is -0.442 e. The number of ether oxygens (including phenoxy) is 1. The van der Waals surface area contributed by atoms with Crippen LogP contribution in [0.1, 0.15) is 26.3 Å². The molecule has 0 radical (unpaired) electrons. The number of hydrogen-bond donors (Lipinski definition) is 0. The standard InChI is InChI=1S/C13H19NO3S/c1-13(2,3)17-12(15)14-18(4,16)10-11-8-6-5-7-9-11/h5-9H,10H2,1-4H3. The van der Waals surface area contributed by atoms with E-state index in [1.54, 1.807) is 20.8 Å². The average molecular weight is 269 g/mol. The van der Waals surface area contributed by atoms with Crippen molar-refractivity contribution in [3.05, 3.63) is 35.9 Å². The number of rotatable bonds is 2. The molecular weight excluding hydrogens is 250 g/mol. The largest absolute Gasteiger partial charge is 0.442 e. The predicted octanol–water partition coefficient (Wildman–Crippen LogP) is 3.22. The van der Waals surface area contributed by atoms with Crippen LogP contribution >= 0.6 is 0 Å². The summed E-state index contributed by atoms with van der Waals surface area (Å²) in [5, 5.41) is 0. The van der Waals surface area contributed by atoms with E-state index < -0.39 is 21.4 Å². The molecule has 0 heterocycles. The molecule has 0 spiro atoms. The van der Waals surface area contributed by atoms with Gasteiger partial charge in [0.25, 0.3) is 0 Å². The molecule has 0 aliphatic carbocycles. The van der Waals surface area contributed by atoms with Gasteiger partial charge in [0, 0.05) is 6.26 Å². The Labute approximate surface area is 109 Å². The number of benzene rings is 1. The van der Waals surface area contributed by atoms with E-state index in [4.69, 9.17) is 4.74 Å². The van der Waals surface area contributed by atoms with E-state index in [2.05, 4.69) is 4.36 Å². The van der Waals surface area contributed by atoms with Gasteiger partial charge in [-0.15, -0.1) is 4.36 Å². The Hall–Kier alpha value is -1.36. The van der Waals surface area contributed by atoms with Crippen LogP contribution in [0, 0.1) is 0 Å². The van der Waals surface area contributed by atoms with Crippen LogP contribution < -0.4 is 0 Å². The van der Waals surface area contributed by atoms with Gasteiger partial charge in [-0.1, -0.05) is 30.3 Å². The first-order valence-corrected chi connectivity index (χ1v) is 7.74. The first-order valence-electron chi connectivity index (χ1n) is 5.65. The van der Waals surface area contributed by atoms with Crippen LogP contribution in [0.2, 0.25) is 0 Å². The minimum atomic E-state index is -2.61. The molecule has 0 aliphatic heterocycles. The van der Waals surface area contributed by atoms with Crippen molar-refractivity contribution in [3.63, 3.8) is 0 Å². The van der Waals surface area contributed by atoms with Gasteiger partial charge in [-0.05, 0) is 26.3 Å². The van der Waals surface area contributed by atoms with Crippen LogP contribution in [0.5, 0.6) is 0 Å². The van der Waals surface area contributed by atoms with Crippen LogP contribution in [-0.4, -0.2) is 22.2 Å². The molecule has 0 fully saturated rings. The number of amides is 1. The SMILES string of the molecule is CC(C)(C)OC(=O)N=S(C)(=O)Cc1ccccc1. The lowest BCUT2D eigenvalue weighted by atomic mass is 10.2. The van der Waals surface area contributed by atoms with Gasteiger partial charge in [0.2, 0.25) is 0 Å². The van der Waals surface area contributed by atoms with Gasteiger partial charge in [0.05, 0.1) is 15.5 Å². The Morgan fingerprint density at radius 3 is 2.33 bits per heavy atom. The van der Waals surface area contributed by atoms with Gasteiger partial charge in [0.15, 0.2) is 0 Å². The molecule has 0 saturated heterocycles. The molecule has 0 saturated carbocycles. The summed E-state index contributed by atoms with van der Waals surface area (Å²) in [6.45, 7) is 5.24. The van der Waals surface area contributed by atoms with Crippen molar-refractivity contribution in [1.29, 1.82) is 0 Å². The lowest BCUT2D eigenvalue weighted by molar-refractivity contribution is 0.0607. The third-order valence-electron chi connectivity index (χ3n) is 1.94. The molecule has 1 rings (SSSR count). The van der Waals surface area contributed by atoms with E-state index in [-0.39, 0.29) is 5.75 Å². The fourth-order valence-electron chi connectivity index (χ4n) is 1.35. The van der Waals surface area contributed by atoms with E-state index in [0.717, 1.165) is 5.56 Å². The molecule has 1 amide bonds. The van der Waals surface area contributed by atoms with Gasteiger partial charge < -0.3 is 4.74 Å². The fraction of sp³-hybridized carbons (Fsp3) is 0.462. The van der Waals surface area contributed by atoms with Crippen LogP contribution in [-0.2, 0) is 20.2 Å². The molecule has 0 bridgehead atoms. The van der Waals surface area contributed by atoms with Gasteiger partial charge in [-0.2, -0.15) is 0 Å². The van der Waals surface area contributed by atoms with Crippen LogP contribution in [0.15, 0.2) is 34.7 Å². The van der Waals surface area contributed by atoms with E-state index in [0.29, 0.717) is 0 Å². The van der Waals surface area contributed by atoms with Crippen molar-refractivity contribution in [2.75, 3.05) is 6.26 Å². The highest BCUT2D eigenvalue weighted by Crippen LogP contribution is 2.11. The van der Waals surface area contributed by atoms with Crippen molar-refractivity contribution >= 4 is 15.8 Å². The zero-order valence-corrected chi connectivity index (χ0v) is 12.0. The maximum Gasteiger partial charge on any atom is 0.442 e. The number of nitrogens with zero attached hydrogens (tertiary/aromatic N) is 1. The highest BCUT2D eigenvalue weighted by atomic mass is 32.2. The molecule has 1 unspecified atom stereocenters. The van der Waals surface area contributed by atoms with Crippen LogP contribution in [0.25, 0.3) is 0 Å². The summed E-state index contributed by atoms with van der Waals surface area (Å²) >= 11 is 0. The van der Waals surface area contributed by atoms with E-state index in [1.165, 1.54) is 6.26 Å². The van der Waals surface area contributed by atoms with Crippen molar-refractivity contribution in [1.82, 2.24) is 0 Å². The lowest BCUT2D eigenvalue weighted by Crippen LogP contribution is -2.22. The Morgan fingerprint density at radius 1 is 1.28 bits per heavy atom. The molecule has 0 aliphatic rings. The summed E-state index contributed by atoms with van der Waals surface area (Å²) in [7, 11) is -2.61. The second-order valence-electron chi connectivity index (χ2n) is 5.16. The number of carbonyl (C=O) groups is 1. The molecule has 100 valence electrons. The Morgan fingerprint density at radius 2 is 1.83 bits per heavy atom. The van der Waals surface area contributed by atoms with Crippen LogP contribution in [0.3, 0.4) is 0 Å². The first kappa shape index (κ1) is 14.7. The Bertz CT molecular complexity index is 523. The first-order chi connectivity index (χ1) is 8.18. The molecule has 0 N–H and O–H groups in total. The maximum absolute atomic E-state index is 12.2. The highest BCUT2D eigenvalue weighted by Gasteiger charge is 2.17. The average Bonchev–Trinajstić information content (AvgIpc) is 2.13. The topological polar surface area (TPSA) is 55.7 Å². The molecule has 1 atom stereocenters. The summed E-state index contributed by atoms with van der Waals surface area (Å²) in [4.78, 5) is 11.5. The molecule has 1 aromatic carbocycles. The van der Waals surface area contributed by atoms with E-state index in [9.17, 15) is 9.00 Å². The van der Waals surface area contributed by atoms with Crippen molar-refractivity contribution in [2.45, 2.75) is 32.1 Å². The smallest absolute Gasteiger partial charge is 0.442 e. The molecular formula is C13H19NO3S. The van der Waals surface area contributed by atoms with E-state index in [1.807, 2.05) is 30.3 Å². The zero-order valence-electron chi connectivity index (χ0n) is 11.2. The number of hydrogen-bond acceptors (Lipinski definition) is 3. The molecule has 5 heteroatoms. The van der Waals surface area contributed by atoms with Gasteiger partial charge in [-0.3, -0.25) is 0 Å². The Kier molecular flexibility index (Phi) is 4.51. The zero-order chi connectivity index (χ0) is 13.8. The third-order valence-corrected chi connectivity index (χ3v) is 3.34. The van der Waals surface area contributed by atoms with Crippen LogP contribution in [0.4, 0.5) is 4.79 Å². The normalized spacial score (nSPS) is 14.7. The van der Waals surface area contributed by atoms with Crippen molar-refractivity contribution in [3.8, 4) is 0 Å². The predicted molar refractivity (Wildman–Crippen MR) is 72.9 cm³/mol. The quantitative estimate of drug-likeness (QED) is 0.828. The van der Waals surface area contributed by atoms with Crippen molar-refractivity contribution < 1.29 is 13.7 Å². The van der Waals surface area contributed by atoms with Gasteiger partial charge in [-0.25, -0.2) is 9.00 Å². The number of carbonyl (C=O) groups excluding carboxylic acids is 1. The summed E-state index contributed by atoms with van der Waals surface area (Å²) in [6, 6.07) is 9.31. The third kappa shape index (κ3) is 5.82. The summed E-state index contributed by atoms with van der Waals surface area (Å²) in [6.07, 6.45) is 0.690. The van der Waals surface area contributed by atoms with Gasteiger partial charge >= 0.3 is 6.09 Å². The molecule has 1 aromatic rings. The molecule has 0 aromatic heterocycles. The molecule has 4 nitrogen and oxygen atoms in total. The second kappa shape index (κ2) is 5.52.